The molecule has 0 spiro atoms. The molecular formula is C9H14. The van der Waals surface area contributed by atoms with E-state index in [-0.39, 0.29) is 0 Å². The molecule has 0 bridgehead atoms. The van der Waals surface area contributed by atoms with Crippen LogP contribution in [-0.4, -0.2) is 0 Å². The van der Waals surface area contributed by atoms with Crippen molar-refractivity contribution in [1.29, 1.82) is 0 Å². The lowest BCUT2D eigenvalue weighted by molar-refractivity contribution is 0.247. The molecule has 0 aliphatic heterocycles. The zero-order valence-corrected chi connectivity index (χ0v) is 6.06. The van der Waals surface area contributed by atoms with Gasteiger partial charge in [-0.15, -0.1) is 0 Å². The molecule has 0 aromatic heterocycles. The minimum Gasteiger partial charge on any atom is -0.0819 e. The van der Waals surface area contributed by atoms with Gasteiger partial charge >= 0.3 is 0 Å². The SMILES string of the molecule is CCC1=C[C@@H]2CC[C@H]2C1. The van der Waals surface area contributed by atoms with Gasteiger partial charge in [-0.3, -0.25) is 0 Å². The number of fused-ring (bicyclic) bond motifs is 1. The van der Waals surface area contributed by atoms with E-state index in [1.54, 1.807) is 5.57 Å². The number of allylic oxidation sites excluding steroid dienone is 2. The quantitative estimate of drug-likeness (QED) is 0.469. The second-order valence-electron chi connectivity index (χ2n) is 3.38. The standard InChI is InChI=1S/C9H14/c1-2-7-5-8-3-4-9(8)6-7/h5,8-9H,2-4,6H2,1H3/t8-,9-/m0/s1. The summed E-state index contributed by atoms with van der Waals surface area (Å²) in [5.74, 6) is 2.10. The molecule has 0 amide bonds. The highest BCUT2D eigenvalue weighted by atomic mass is 14.4. The predicted molar refractivity (Wildman–Crippen MR) is 39.2 cm³/mol. The van der Waals surface area contributed by atoms with Crippen molar-refractivity contribution in [3.8, 4) is 0 Å². The molecule has 1 fully saturated rings. The van der Waals surface area contributed by atoms with Gasteiger partial charge in [0.05, 0.1) is 0 Å². The zero-order valence-electron chi connectivity index (χ0n) is 6.06. The van der Waals surface area contributed by atoms with Gasteiger partial charge in [0.2, 0.25) is 0 Å². The lowest BCUT2D eigenvalue weighted by Crippen LogP contribution is -2.19. The van der Waals surface area contributed by atoms with Crippen LogP contribution >= 0.6 is 0 Å². The van der Waals surface area contributed by atoms with Gasteiger partial charge in [-0.1, -0.05) is 18.6 Å². The van der Waals surface area contributed by atoms with E-state index < -0.39 is 0 Å². The Hall–Kier alpha value is -0.260. The van der Waals surface area contributed by atoms with Crippen molar-refractivity contribution < 1.29 is 0 Å². The monoisotopic (exact) mass is 122 g/mol. The third-order valence-corrected chi connectivity index (χ3v) is 2.90. The molecule has 1 saturated carbocycles. The van der Waals surface area contributed by atoms with E-state index in [0.717, 1.165) is 11.8 Å². The van der Waals surface area contributed by atoms with Gasteiger partial charge in [-0.05, 0) is 37.5 Å². The Balaban J connectivity index is 2.05. The van der Waals surface area contributed by atoms with Crippen LogP contribution in [0.5, 0.6) is 0 Å². The van der Waals surface area contributed by atoms with Crippen molar-refractivity contribution in [1.82, 2.24) is 0 Å². The van der Waals surface area contributed by atoms with Crippen LogP contribution in [0.25, 0.3) is 0 Å². The van der Waals surface area contributed by atoms with Gasteiger partial charge in [-0.2, -0.15) is 0 Å². The summed E-state index contributed by atoms with van der Waals surface area (Å²) in [6.07, 6.45) is 8.24. The van der Waals surface area contributed by atoms with Crippen LogP contribution in [-0.2, 0) is 0 Å². The smallest absolute Gasteiger partial charge is 0.0199 e. The highest BCUT2D eigenvalue weighted by Crippen LogP contribution is 2.45. The molecule has 0 heteroatoms. The molecule has 2 aliphatic rings. The topological polar surface area (TPSA) is 0 Å². The summed E-state index contributed by atoms with van der Waals surface area (Å²) < 4.78 is 0. The van der Waals surface area contributed by atoms with Crippen LogP contribution < -0.4 is 0 Å². The maximum atomic E-state index is 2.52. The number of hydrogen-bond donors (Lipinski definition) is 0. The molecule has 2 atom stereocenters. The van der Waals surface area contributed by atoms with Crippen LogP contribution in [0.3, 0.4) is 0 Å². The van der Waals surface area contributed by atoms with E-state index in [1.807, 2.05) is 0 Å². The highest BCUT2D eigenvalue weighted by molar-refractivity contribution is 5.16. The van der Waals surface area contributed by atoms with Gasteiger partial charge in [0.25, 0.3) is 0 Å². The van der Waals surface area contributed by atoms with E-state index in [9.17, 15) is 0 Å². The van der Waals surface area contributed by atoms with Gasteiger partial charge in [0.15, 0.2) is 0 Å². The molecule has 0 unspecified atom stereocenters. The van der Waals surface area contributed by atoms with Gasteiger partial charge in [0, 0.05) is 0 Å². The third-order valence-electron chi connectivity index (χ3n) is 2.90. The summed E-state index contributed by atoms with van der Waals surface area (Å²) in [6.45, 7) is 2.27. The zero-order chi connectivity index (χ0) is 6.27. The molecule has 0 aromatic carbocycles. The summed E-state index contributed by atoms with van der Waals surface area (Å²) in [5.41, 5.74) is 1.72. The Bertz CT molecular complexity index is 144. The Morgan fingerprint density at radius 2 is 2.44 bits per heavy atom. The average molecular weight is 122 g/mol. The second-order valence-corrected chi connectivity index (χ2v) is 3.38. The van der Waals surface area contributed by atoms with E-state index in [4.69, 9.17) is 0 Å². The normalized spacial score (nSPS) is 39.4. The molecule has 0 aromatic rings. The molecule has 9 heavy (non-hydrogen) atoms. The molecule has 0 heterocycles. The van der Waals surface area contributed by atoms with E-state index in [0.29, 0.717) is 0 Å². The first-order valence-electron chi connectivity index (χ1n) is 4.09. The Labute approximate surface area is 57.0 Å². The Morgan fingerprint density at radius 1 is 1.56 bits per heavy atom. The first kappa shape index (κ1) is 5.52. The second kappa shape index (κ2) is 1.86. The molecule has 0 nitrogen and oxygen atoms in total. The molecular weight excluding hydrogens is 108 g/mol. The fourth-order valence-electron chi connectivity index (χ4n) is 2.04. The first-order valence-corrected chi connectivity index (χ1v) is 4.09. The summed E-state index contributed by atoms with van der Waals surface area (Å²) in [7, 11) is 0. The van der Waals surface area contributed by atoms with Crippen LogP contribution in [0.1, 0.15) is 32.6 Å². The van der Waals surface area contributed by atoms with Crippen molar-refractivity contribution in [2.45, 2.75) is 32.6 Å². The van der Waals surface area contributed by atoms with Crippen LogP contribution in [0.4, 0.5) is 0 Å². The lowest BCUT2D eigenvalue weighted by atomic mass is 9.76. The Kier molecular flexibility index (Phi) is 1.14. The van der Waals surface area contributed by atoms with Gasteiger partial charge in [-0.25, -0.2) is 0 Å². The molecule has 2 aliphatic carbocycles. The van der Waals surface area contributed by atoms with Crippen molar-refractivity contribution in [3.63, 3.8) is 0 Å². The van der Waals surface area contributed by atoms with Crippen molar-refractivity contribution in [2.24, 2.45) is 11.8 Å². The average Bonchev–Trinajstić information content (AvgIpc) is 2.10. The molecule has 0 N–H and O–H groups in total. The van der Waals surface area contributed by atoms with Crippen molar-refractivity contribution in [3.05, 3.63) is 11.6 Å². The summed E-state index contributed by atoms with van der Waals surface area (Å²) in [6, 6.07) is 0. The summed E-state index contributed by atoms with van der Waals surface area (Å²) >= 11 is 0. The molecule has 2 rings (SSSR count). The summed E-state index contributed by atoms with van der Waals surface area (Å²) in [4.78, 5) is 0. The Morgan fingerprint density at radius 3 is 2.78 bits per heavy atom. The molecule has 0 saturated heterocycles. The summed E-state index contributed by atoms with van der Waals surface area (Å²) in [5, 5.41) is 0. The van der Waals surface area contributed by atoms with E-state index in [1.165, 1.54) is 25.7 Å². The molecule has 0 radical (unpaired) electrons. The van der Waals surface area contributed by atoms with Crippen molar-refractivity contribution in [2.75, 3.05) is 0 Å². The fourth-order valence-corrected chi connectivity index (χ4v) is 2.04. The maximum absolute atomic E-state index is 2.52. The lowest BCUT2D eigenvalue weighted by Gasteiger charge is -2.29. The van der Waals surface area contributed by atoms with Gasteiger partial charge in [0.1, 0.15) is 0 Å². The highest BCUT2D eigenvalue weighted by Gasteiger charge is 2.33. The first-order chi connectivity index (χ1) is 4.40. The maximum Gasteiger partial charge on any atom is -0.0199 e. The van der Waals surface area contributed by atoms with Gasteiger partial charge < -0.3 is 0 Å². The molecule has 50 valence electrons. The predicted octanol–water partition coefficient (Wildman–Crippen LogP) is 2.75. The van der Waals surface area contributed by atoms with Crippen LogP contribution in [0.15, 0.2) is 11.6 Å². The largest absolute Gasteiger partial charge is 0.0819 e. The fraction of sp³-hybridized carbons (Fsp3) is 0.778. The van der Waals surface area contributed by atoms with Crippen LogP contribution in [0, 0.1) is 11.8 Å². The van der Waals surface area contributed by atoms with Crippen molar-refractivity contribution >= 4 is 0 Å². The van der Waals surface area contributed by atoms with Crippen LogP contribution in [0.2, 0.25) is 0 Å². The minimum atomic E-state index is 1.01. The minimum absolute atomic E-state index is 1.01. The third kappa shape index (κ3) is 0.726. The number of hydrogen-bond acceptors (Lipinski definition) is 0. The number of rotatable bonds is 1. The van der Waals surface area contributed by atoms with E-state index in [2.05, 4.69) is 13.0 Å². The van der Waals surface area contributed by atoms with E-state index >= 15 is 0 Å².